The zero-order valence-corrected chi connectivity index (χ0v) is 10.3. The number of para-hydroxylation sites is 1. The Morgan fingerprint density at radius 1 is 1.25 bits per heavy atom. The largest absolute Gasteiger partial charge is 0.233 e. The number of rotatable bonds is 0. The molecule has 0 radical (unpaired) electrons. The fraction of sp³-hybridized carbons (Fsp3) is 0.308. The Morgan fingerprint density at radius 2 is 1.94 bits per heavy atom. The van der Waals surface area contributed by atoms with E-state index in [0.717, 1.165) is 10.9 Å². The van der Waals surface area contributed by atoms with Crippen LogP contribution in [0.3, 0.4) is 0 Å². The third kappa shape index (κ3) is 1.90. The first kappa shape index (κ1) is 11.3. The summed E-state index contributed by atoms with van der Waals surface area (Å²) in [4.78, 5) is 4.13. The summed E-state index contributed by atoms with van der Waals surface area (Å²) >= 11 is 6.08. The van der Waals surface area contributed by atoms with Gasteiger partial charge in [-0.05, 0) is 23.1 Å². The zero-order valence-electron chi connectivity index (χ0n) is 9.51. The lowest BCUT2D eigenvalue weighted by atomic mass is 9.87. The highest BCUT2D eigenvalue weighted by molar-refractivity contribution is 6.30. The van der Waals surface area contributed by atoms with Crippen molar-refractivity contribution in [3.63, 3.8) is 0 Å². The molecule has 0 bridgehead atoms. The first-order valence-electron chi connectivity index (χ1n) is 5.15. The van der Waals surface area contributed by atoms with Crippen molar-refractivity contribution in [1.29, 1.82) is 0 Å². The minimum Gasteiger partial charge on any atom is -0.233 e. The van der Waals surface area contributed by atoms with Crippen molar-refractivity contribution in [1.82, 2.24) is 4.98 Å². The van der Waals surface area contributed by atoms with Crippen LogP contribution in [0.1, 0.15) is 26.3 Å². The second-order valence-corrected chi connectivity index (χ2v) is 5.25. The summed E-state index contributed by atoms with van der Waals surface area (Å²) in [6.07, 6.45) is 0. The van der Waals surface area contributed by atoms with Crippen LogP contribution in [0.5, 0.6) is 0 Å². The van der Waals surface area contributed by atoms with Crippen LogP contribution in [0.4, 0.5) is 4.39 Å². The standard InChI is InChI=1S/C13H13ClFN/c1-13(2,3)9-7-8-5-4-6-10(15)11(8)16-12(9)14/h4-7H,1-3H3. The maximum absolute atomic E-state index is 13.5. The van der Waals surface area contributed by atoms with Crippen LogP contribution < -0.4 is 0 Å². The molecule has 3 heteroatoms. The lowest BCUT2D eigenvalue weighted by molar-refractivity contribution is 0.588. The molecule has 16 heavy (non-hydrogen) atoms. The highest BCUT2D eigenvalue weighted by Crippen LogP contribution is 2.31. The van der Waals surface area contributed by atoms with Crippen molar-refractivity contribution in [3.05, 3.63) is 40.8 Å². The summed E-state index contributed by atoms with van der Waals surface area (Å²) < 4.78 is 13.5. The van der Waals surface area contributed by atoms with Gasteiger partial charge in [0, 0.05) is 5.39 Å². The molecule has 1 aromatic heterocycles. The smallest absolute Gasteiger partial charge is 0.149 e. The second-order valence-electron chi connectivity index (χ2n) is 4.89. The number of aromatic nitrogens is 1. The Hall–Kier alpha value is -1.15. The molecule has 1 heterocycles. The van der Waals surface area contributed by atoms with Gasteiger partial charge in [-0.1, -0.05) is 44.5 Å². The lowest BCUT2D eigenvalue weighted by Crippen LogP contribution is -2.12. The van der Waals surface area contributed by atoms with Crippen molar-refractivity contribution < 1.29 is 4.39 Å². The molecule has 0 saturated carbocycles. The number of pyridine rings is 1. The summed E-state index contributed by atoms with van der Waals surface area (Å²) in [6, 6.07) is 6.83. The predicted octanol–water partition coefficient (Wildman–Crippen LogP) is 4.32. The Balaban J connectivity index is 2.78. The highest BCUT2D eigenvalue weighted by atomic mass is 35.5. The van der Waals surface area contributed by atoms with Gasteiger partial charge in [0.05, 0.1) is 0 Å². The number of fused-ring (bicyclic) bond motifs is 1. The normalized spacial score (nSPS) is 12.1. The fourth-order valence-corrected chi connectivity index (χ4v) is 2.09. The number of nitrogens with zero attached hydrogens (tertiary/aromatic N) is 1. The second kappa shape index (κ2) is 3.70. The number of hydrogen-bond donors (Lipinski definition) is 0. The Labute approximate surface area is 99.3 Å². The van der Waals surface area contributed by atoms with E-state index >= 15 is 0 Å². The molecule has 0 aliphatic heterocycles. The van der Waals surface area contributed by atoms with Crippen molar-refractivity contribution in [2.75, 3.05) is 0 Å². The summed E-state index contributed by atoms with van der Waals surface area (Å²) in [7, 11) is 0. The molecule has 0 spiro atoms. The SMILES string of the molecule is CC(C)(C)c1cc2cccc(F)c2nc1Cl. The molecule has 0 fully saturated rings. The van der Waals surface area contributed by atoms with Crippen LogP contribution in [-0.2, 0) is 5.41 Å². The quantitative estimate of drug-likeness (QED) is 0.622. The van der Waals surface area contributed by atoms with Gasteiger partial charge in [0.25, 0.3) is 0 Å². The average molecular weight is 238 g/mol. The van der Waals surface area contributed by atoms with Gasteiger partial charge in [0.15, 0.2) is 0 Å². The Kier molecular flexibility index (Phi) is 2.62. The van der Waals surface area contributed by atoms with Crippen LogP contribution in [-0.4, -0.2) is 4.98 Å². The van der Waals surface area contributed by atoms with Gasteiger partial charge in [0.1, 0.15) is 16.5 Å². The van der Waals surface area contributed by atoms with Gasteiger partial charge >= 0.3 is 0 Å². The lowest BCUT2D eigenvalue weighted by Gasteiger charge is -2.20. The van der Waals surface area contributed by atoms with Gasteiger partial charge in [-0.2, -0.15) is 0 Å². The van der Waals surface area contributed by atoms with Gasteiger partial charge < -0.3 is 0 Å². The van der Waals surface area contributed by atoms with E-state index < -0.39 is 0 Å². The number of benzene rings is 1. The molecular formula is C13H13ClFN. The van der Waals surface area contributed by atoms with E-state index in [1.807, 2.05) is 12.1 Å². The maximum atomic E-state index is 13.5. The molecule has 0 aliphatic rings. The van der Waals surface area contributed by atoms with Crippen LogP contribution in [0, 0.1) is 5.82 Å². The van der Waals surface area contributed by atoms with E-state index in [1.54, 1.807) is 6.07 Å². The highest BCUT2D eigenvalue weighted by Gasteiger charge is 2.19. The third-order valence-electron chi connectivity index (χ3n) is 2.56. The van der Waals surface area contributed by atoms with Gasteiger partial charge in [0.2, 0.25) is 0 Å². The molecule has 0 atom stereocenters. The zero-order chi connectivity index (χ0) is 11.9. The van der Waals surface area contributed by atoms with Crippen molar-refractivity contribution >= 4 is 22.5 Å². The van der Waals surface area contributed by atoms with Crippen molar-refractivity contribution in [3.8, 4) is 0 Å². The number of hydrogen-bond acceptors (Lipinski definition) is 1. The predicted molar refractivity (Wildman–Crippen MR) is 65.4 cm³/mol. The summed E-state index contributed by atoms with van der Waals surface area (Å²) in [5, 5.41) is 1.17. The van der Waals surface area contributed by atoms with Crippen molar-refractivity contribution in [2.24, 2.45) is 0 Å². The van der Waals surface area contributed by atoms with Crippen LogP contribution in [0.25, 0.3) is 10.9 Å². The van der Waals surface area contributed by atoms with E-state index in [1.165, 1.54) is 6.07 Å². The topological polar surface area (TPSA) is 12.9 Å². The van der Waals surface area contributed by atoms with E-state index in [9.17, 15) is 4.39 Å². The van der Waals surface area contributed by atoms with Gasteiger partial charge in [-0.3, -0.25) is 0 Å². The summed E-state index contributed by atoms with van der Waals surface area (Å²) in [5.74, 6) is -0.333. The third-order valence-corrected chi connectivity index (χ3v) is 2.85. The Morgan fingerprint density at radius 3 is 2.56 bits per heavy atom. The molecule has 2 rings (SSSR count). The molecule has 2 aromatic rings. The van der Waals surface area contributed by atoms with Crippen LogP contribution >= 0.6 is 11.6 Å². The molecule has 0 N–H and O–H groups in total. The first-order valence-corrected chi connectivity index (χ1v) is 5.52. The molecule has 1 aromatic carbocycles. The molecule has 0 saturated heterocycles. The molecule has 0 amide bonds. The minimum absolute atomic E-state index is 0.0927. The summed E-state index contributed by atoms with van der Waals surface area (Å²) in [5.41, 5.74) is 1.18. The molecule has 0 unspecified atom stereocenters. The number of halogens is 2. The van der Waals surface area contributed by atoms with E-state index in [2.05, 4.69) is 25.8 Å². The van der Waals surface area contributed by atoms with Gasteiger partial charge in [-0.15, -0.1) is 0 Å². The van der Waals surface area contributed by atoms with Gasteiger partial charge in [-0.25, -0.2) is 9.37 Å². The fourth-order valence-electron chi connectivity index (χ4n) is 1.67. The monoisotopic (exact) mass is 237 g/mol. The summed E-state index contributed by atoms with van der Waals surface area (Å²) in [6.45, 7) is 6.17. The van der Waals surface area contributed by atoms with Crippen molar-refractivity contribution in [2.45, 2.75) is 26.2 Å². The van der Waals surface area contributed by atoms with E-state index in [-0.39, 0.29) is 11.2 Å². The van der Waals surface area contributed by atoms with Crippen LogP contribution in [0.2, 0.25) is 5.15 Å². The minimum atomic E-state index is -0.333. The average Bonchev–Trinajstić information content (AvgIpc) is 2.17. The maximum Gasteiger partial charge on any atom is 0.149 e. The Bertz CT molecular complexity index is 543. The molecule has 1 nitrogen and oxygen atoms in total. The molecular weight excluding hydrogens is 225 g/mol. The van der Waals surface area contributed by atoms with E-state index in [4.69, 9.17) is 11.6 Å². The van der Waals surface area contributed by atoms with Crippen LogP contribution in [0.15, 0.2) is 24.3 Å². The first-order chi connectivity index (χ1) is 7.39. The van der Waals surface area contributed by atoms with E-state index in [0.29, 0.717) is 10.7 Å². The molecule has 0 aliphatic carbocycles. The molecule has 84 valence electrons.